The fraction of sp³-hybridized carbons (Fsp3) is 0.259. The number of carbonyl (C=O) groups is 2. The monoisotopic (exact) mass is 519 g/mol. The molecule has 0 saturated carbocycles. The van der Waals surface area contributed by atoms with Gasteiger partial charge in [0.25, 0.3) is 5.91 Å². The topological polar surface area (TPSA) is 84.9 Å². The molecule has 0 bridgehead atoms. The summed E-state index contributed by atoms with van der Waals surface area (Å²) < 4.78 is 63.6. The normalized spacial score (nSPS) is 11.2. The molecule has 3 aromatic rings. The number of aryl methyl sites for hydroxylation is 2. The van der Waals surface area contributed by atoms with E-state index in [1.54, 1.807) is 24.3 Å². The van der Waals surface area contributed by atoms with Crippen molar-refractivity contribution >= 4 is 11.9 Å². The first kappa shape index (κ1) is 27.5. The van der Waals surface area contributed by atoms with Gasteiger partial charge in [-0.05, 0) is 78.9 Å². The third-order valence-corrected chi connectivity index (χ3v) is 5.56. The number of carboxylic acids is 1. The van der Waals surface area contributed by atoms with Crippen LogP contribution in [-0.4, -0.2) is 30.6 Å². The molecule has 6 nitrogen and oxygen atoms in total. The van der Waals surface area contributed by atoms with Gasteiger partial charge >= 0.3 is 12.1 Å². The van der Waals surface area contributed by atoms with Crippen molar-refractivity contribution < 1.29 is 41.7 Å². The van der Waals surface area contributed by atoms with Crippen molar-refractivity contribution in [1.82, 2.24) is 5.32 Å². The second kappa shape index (κ2) is 11.8. The molecule has 196 valence electrons. The number of ether oxygens (including phenoxy) is 2. The van der Waals surface area contributed by atoms with Crippen LogP contribution < -0.4 is 14.8 Å². The van der Waals surface area contributed by atoms with E-state index < -0.39 is 29.4 Å². The summed E-state index contributed by atoms with van der Waals surface area (Å²) in [7, 11) is 1.17. The Kier molecular flexibility index (Phi) is 8.75. The lowest BCUT2D eigenvalue weighted by Crippen LogP contribution is -2.26. The summed E-state index contributed by atoms with van der Waals surface area (Å²) in [5.41, 5.74) is 1.26. The molecule has 0 aliphatic heterocycles. The van der Waals surface area contributed by atoms with Gasteiger partial charge in [0.15, 0.2) is 0 Å². The van der Waals surface area contributed by atoms with E-state index in [0.717, 1.165) is 29.3 Å². The second-order valence-corrected chi connectivity index (χ2v) is 8.30. The Morgan fingerprint density at radius 3 is 2.38 bits per heavy atom. The minimum Gasteiger partial charge on any atom is -0.496 e. The summed E-state index contributed by atoms with van der Waals surface area (Å²) in [6.45, 7) is 1.92. The van der Waals surface area contributed by atoms with Crippen LogP contribution in [0.5, 0.6) is 17.2 Å². The fourth-order valence-electron chi connectivity index (χ4n) is 3.68. The fourth-order valence-corrected chi connectivity index (χ4v) is 3.68. The molecule has 0 heterocycles. The predicted molar refractivity (Wildman–Crippen MR) is 128 cm³/mol. The zero-order valence-corrected chi connectivity index (χ0v) is 20.1. The van der Waals surface area contributed by atoms with Gasteiger partial charge in [-0.3, -0.25) is 9.59 Å². The van der Waals surface area contributed by atoms with E-state index in [2.05, 4.69) is 5.32 Å². The lowest BCUT2D eigenvalue weighted by atomic mass is 10.0. The van der Waals surface area contributed by atoms with E-state index in [-0.39, 0.29) is 36.4 Å². The smallest absolute Gasteiger partial charge is 0.416 e. The average Bonchev–Trinajstić information content (AvgIpc) is 2.82. The van der Waals surface area contributed by atoms with Crippen molar-refractivity contribution in [1.29, 1.82) is 0 Å². The van der Waals surface area contributed by atoms with Crippen LogP contribution in [0.25, 0.3) is 0 Å². The molecule has 0 atom stereocenters. The highest BCUT2D eigenvalue weighted by molar-refractivity contribution is 5.97. The minimum atomic E-state index is -4.57. The van der Waals surface area contributed by atoms with Gasteiger partial charge in [-0.2, -0.15) is 13.2 Å². The number of nitrogens with one attached hydrogen (secondary N) is 1. The maximum Gasteiger partial charge on any atom is 0.416 e. The Morgan fingerprint density at radius 1 is 0.973 bits per heavy atom. The van der Waals surface area contributed by atoms with E-state index in [0.29, 0.717) is 17.7 Å². The zero-order valence-electron chi connectivity index (χ0n) is 20.1. The molecule has 3 rings (SSSR count). The molecule has 0 fully saturated rings. The van der Waals surface area contributed by atoms with Crippen molar-refractivity contribution in [3.63, 3.8) is 0 Å². The van der Waals surface area contributed by atoms with Crippen LogP contribution in [0.2, 0.25) is 0 Å². The van der Waals surface area contributed by atoms with Gasteiger partial charge in [-0.15, -0.1) is 0 Å². The van der Waals surface area contributed by atoms with Gasteiger partial charge in [-0.25, -0.2) is 4.39 Å². The summed E-state index contributed by atoms with van der Waals surface area (Å²) in [6, 6.07) is 11.9. The quantitative estimate of drug-likeness (QED) is 0.324. The van der Waals surface area contributed by atoms with Gasteiger partial charge < -0.3 is 19.9 Å². The number of hydrogen-bond donors (Lipinski definition) is 2. The number of carboxylic acid groups (broad SMARTS) is 1. The number of hydrogen-bond acceptors (Lipinski definition) is 4. The molecule has 3 aromatic carbocycles. The molecule has 0 aliphatic carbocycles. The van der Waals surface area contributed by atoms with Gasteiger partial charge in [0.2, 0.25) is 0 Å². The molecular weight excluding hydrogens is 494 g/mol. The molecule has 0 aliphatic rings. The van der Waals surface area contributed by atoms with E-state index in [1.165, 1.54) is 19.2 Å². The summed E-state index contributed by atoms with van der Waals surface area (Å²) in [4.78, 5) is 23.3. The zero-order chi connectivity index (χ0) is 27.2. The van der Waals surface area contributed by atoms with Crippen LogP contribution in [0.15, 0.2) is 54.6 Å². The van der Waals surface area contributed by atoms with Gasteiger partial charge in [0, 0.05) is 19.0 Å². The van der Waals surface area contributed by atoms with Crippen LogP contribution >= 0.6 is 0 Å². The van der Waals surface area contributed by atoms with Gasteiger partial charge in [0.05, 0.1) is 18.2 Å². The Labute approximate surface area is 210 Å². The first-order valence-corrected chi connectivity index (χ1v) is 11.3. The highest BCUT2D eigenvalue weighted by Crippen LogP contribution is 2.33. The number of rotatable bonds is 10. The van der Waals surface area contributed by atoms with Crippen LogP contribution in [0.4, 0.5) is 17.6 Å². The van der Waals surface area contributed by atoms with E-state index >= 15 is 0 Å². The highest BCUT2D eigenvalue weighted by Gasteiger charge is 2.31. The SMILES string of the molecule is COc1cc(C(F)(F)F)ccc1C(=O)NCCc1cc(F)cc(Oc2ccc(CCC(=O)O)c(C)c2)c1. The first-order chi connectivity index (χ1) is 17.5. The van der Waals surface area contributed by atoms with Crippen molar-refractivity contribution in [3.05, 3.63) is 88.2 Å². The van der Waals surface area contributed by atoms with Crippen LogP contribution in [0.3, 0.4) is 0 Å². The molecule has 0 spiro atoms. The number of alkyl halides is 3. The lowest BCUT2D eigenvalue weighted by molar-refractivity contribution is -0.138. The Balaban J connectivity index is 1.63. The molecule has 0 aromatic heterocycles. The average molecular weight is 519 g/mol. The van der Waals surface area contributed by atoms with Crippen molar-refractivity contribution in [2.75, 3.05) is 13.7 Å². The lowest BCUT2D eigenvalue weighted by Gasteiger charge is -2.13. The number of halogens is 4. The molecule has 10 heteroatoms. The van der Waals surface area contributed by atoms with Crippen LogP contribution in [0, 0.1) is 12.7 Å². The first-order valence-electron chi connectivity index (χ1n) is 11.3. The van der Waals surface area contributed by atoms with Gasteiger partial charge in [-0.1, -0.05) is 6.07 Å². The molecule has 2 N–H and O–H groups in total. The maximum absolute atomic E-state index is 14.2. The van der Waals surface area contributed by atoms with E-state index in [4.69, 9.17) is 14.6 Å². The summed E-state index contributed by atoms with van der Waals surface area (Å²) in [5, 5.41) is 11.4. The van der Waals surface area contributed by atoms with Gasteiger partial charge in [0.1, 0.15) is 23.1 Å². The van der Waals surface area contributed by atoms with Crippen molar-refractivity contribution in [2.45, 2.75) is 32.4 Å². The molecule has 0 radical (unpaired) electrons. The number of methoxy groups -OCH3 is 1. The van der Waals surface area contributed by atoms with E-state index in [9.17, 15) is 27.2 Å². The third-order valence-electron chi connectivity index (χ3n) is 5.56. The number of carbonyl (C=O) groups excluding carboxylic acids is 1. The molecule has 1 amide bonds. The Bertz CT molecular complexity index is 1290. The summed E-state index contributed by atoms with van der Waals surface area (Å²) >= 11 is 0. The Hall–Kier alpha value is -4.08. The highest BCUT2D eigenvalue weighted by atomic mass is 19.4. The number of benzene rings is 3. The van der Waals surface area contributed by atoms with Crippen molar-refractivity contribution in [2.24, 2.45) is 0 Å². The molecule has 0 unspecified atom stereocenters. The molecular formula is C27H25F4NO5. The summed E-state index contributed by atoms with van der Waals surface area (Å²) in [6.07, 6.45) is -3.94. The Morgan fingerprint density at radius 2 is 1.73 bits per heavy atom. The predicted octanol–water partition coefficient (Wildman–Crippen LogP) is 5.94. The largest absolute Gasteiger partial charge is 0.496 e. The van der Waals surface area contributed by atoms with Crippen LogP contribution in [0.1, 0.15) is 39.0 Å². The third kappa shape index (κ3) is 7.70. The number of amides is 1. The summed E-state index contributed by atoms with van der Waals surface area (Å²) in [5.74, 6) is -1.58. The van der Waals surface area contributed by atoms with Crippen molar-refractivity contribution in [3.8, 4) is 17.2 Å². The van der Waals surface area contributed by atoms with Crippen LogP contribution in [-0.2, 0) is 23.8 Å². The minimum absolute atomic E-state index is 0.0104. The molecule has 0 saturated heterocycles. The van der Waals surface area contributed by atoms with E-state index in [1.807, 2.05) is 6.92 Å². The standard InChI is InChI=1S/C27H25F4NO5/c1-16-11-21(6-3-18(16)4-8-25(33)34)37-22-13-17(12-20(28)15-22)9-10-32-26(35)23-7-5-19(27(29,30)31)14-24(23)36-2/h3,5-7,11-15H,4,8-10H2,1-2H3,(H,32,35)(H,33,34). The second-order valence-electron chi connectivity index (χ2n) is 8.30. The number of aliphatic carboxylic acids is 1. The molecule has 37 heavy (non-hydrogen) atoms. The maximum atomic E-state index is 14.2.